The van der Waals surface area contributed by atoms with Crippen molar-refractivity contribution in [3.8, 4) is 0 Å². The monoisotopic (exact) mass is 156 g/mol. The summed E-state index contributed by atoms with van der Waals surface area (Å²) in [4.78, 5) is 0. The van der Waals surface area contributed by atoms with E-state index in [0.717, 1.165) is 26.1 Å². The van der Waals surface area contributed by atoms with E-state index in [1.807, 2.05) is 6.08 Å². The second-order valence-electron chi connectivity index (χ2n) is 3.62. The summed E-state index contributed by atoms with van der Waals surface area (Å²) in [6.07, 6.45) is 2.94. The molecule has 0 saturated heterocycles. The minimum atomic E-state index is 0.317. The van der Waals surface area contributed by atoms with Crippen LogP contribution in [0.1, 0.15) is 20.3 Å². The molecule has 2 heteroatoms. The molecule has 0 unspecified atom stereocenters. The van der Waals surface area contributed by atoms with Gasteiger partial charge in [-0.3, -0.25) is 0 Å². The Morgan fingerprint density at radius 3 is 2.64 bits per heavy atom. The third kappa shape index (κ3) is 6.07. The van der Waals surface area contributed by atoms with Crippen molar-refractivity contribution in [3.63, 3.8) is 0 Å². The highest BCUT2D eigenvalue weighted by Crippen LogP contribution is 2.17. The van der Waals surface area contributed by atoms with E-state index < -0.39 is 0 Å². The van der Waals surface area contributed by atoms with Gasteiger partial charge in [0.25, 0.3) is 0 Å². The fraction of sp³-hybridized carbons (Fsp3) is 0.778. The summed E-state index contributed by atoms with van der Waals surface area (Å²) in [5.41, 5.74) is 5.79. The van der Waals surface area contributed by atoms with E-state index in [2.05, 4.69) is 25.7 Å². The highest BCUT2D eigenvalue weighted by Gasteiger charge is 2.14. The average Bonchev–Trinajstić information content (AvgIpc) is 1.87. The Labute approximate surface area is 69.9 Å². The summed E-state index contributed by atoms with van der Waals surface area (Å²) in [5, 5.41) is 3.29. The quantitative estimate of drug-likeness (QED) is 0.447. The maximum Gasteiger partial charge on any atom is 0.0132 e. The van der Waals surface area contributed by atoms with Gasteiger partial charge in [0.05, 0.1) is 0 Å². The second kappa shape index (κ2) is 5.33. The molecule has 0 rings (SSSR count). The summed E-state index contributed by atoms with van der Waals surface area (Å²) in [7, 11) is 0. The van der Waals surface area contributed by atoms with E-state index in [0.29, 0.717) is 5.41 Å². The van der Waals surface area contributed by atoms with Crippen LogP contribution in [0.25, 0.3) is 0 Å². The third-order valence-electron chi connectivity index (χ3n) is 1.71. The second-order valence-corrected chi connectivity index (χ2v) is 3.62. The predicted molar refractivity (Wildman–Crippen MR) is 50.5 cm³/mol. The molecular weight excluding hydrogens is 136 g/mol. The number of hydrogen-bond acceptors (Lipinski definition) is 2. The van der Waals surface area contributed by atoms with Gasteiger partial charge in [0.15, 0.2) is 0 Å². The molecule has 0 aliphatic rings. The topological polar surface area (TPSA) is 38.0 Å². The molecule has 11 heavy (non-hydrogen) atoms. The minimum Gasteiger partial charge on any atom is -0.330 e. The van der Waals surface area contributed by atoms with Gasteiger partial charge in [-0.15, -0.1) is 6.58 Å². The van der Waals surface area contributed by atoms with Gasteiger partial charge in [-0.25, -0.2) is 0 Å². The van der Waals surface area contributed by atoms with E-state index in [1.54, 1.807) is 0 Å². The maximum atomic E-state index is 5.47. The number of nitrogens with one attached hydrogen (secondary N) is 1. The first-order valence-corrected chi connectivity index (χ1v) is 4.14. The zero-order valence-corrected chi connectivity index (χ0v) is 7.69. The first-order chi connectivity index (χ1) is 5.12. The Morgan fingerprint density at radius 2 is 2.18 bits per heavy atom. The van der Waals surface area contributed by atoms with Gasteiger partial charge >= 0.3 is 0 Å². The Hall–Kier alpha value is -0.340. The first kappa shape index (κ1) is 10.7. The third-order valence-corrected chi connectivity index (χ3v) is 1.71. The Kier molecular flexibility index (Phi) is 5.16. The molecule has 0 aliphatic carbocycles. The molecule has 0 aromatic heterocycles. The lowest BCUT2D eigenvalue weighted by molar-refractivity contribution is 0.325. The molecule has 0 aliphatic heterocycles. The number of rotatable bonds is 6. The fourth-order valence-electron chi connectivity index (χ4n) is 0.992. The van der Waals surface area contributed by atoms with Gasteiger partial charge in [-0.05, 0) is 18.4 Å². The van der Waals surface area contributed by atoms with Crippen molar-refractivity contribution in [2.24, 2.45) is 11.1 Å². The lowest BCUT2D eigenvalue weighted by Crippen LogP contribution is -2.31. The van der Waals surface area contributed by atoms with Crippen LogP contribution in [-0.2, 0) is 0 Å². The summed E-state index contributed by atoms with van der Waals surface area (Å²) < 4.78 is 0. The SMILES string of the molecule is C=CCNCC(C)(C)CCN. The van der Waals surface area contributed by atoms with Gasteiger partial charge in [0.2, 0.25) is 0 Å². The summed E-state index contributed by atoms with van der Waals surface area (Å²) in [5.74, 6) is 0. The summed E-state index contributed by atoms with van der Waals surface area (Å²) >= 11 is 0. The molecule has 3 N–H and O–H groups in total. The number of nitrogens with two attached hydrogens (primary N) is 1. The van der Waals surface area contributed by atoms with Crippen LogP contribution in [0.5, 0.6) is 0 Å². The molecule has 0 radical (unpaired) electrons. The van der Waals surface area contributed by atoms with E-state index >= 15 is 0 Å². The molecular formula is C9H20N2. The van der Waals surface area contributed by atoms with Crippen LogP contribution in [0.2, 0.25) is 0 Å². The van der Waals surface area contributed by atoms with Crippen molar-refractivity contribution in [2.75, 3.05) is 19.6 Å². The van der Waals surface area contributed by atoms with Gasteiger partial charge in [-0.2, -0.15) is 0 Å². The molecule has 2 nitrogen and oxygen atoms in total. The predicted octanol–water partition coefficient (Wildman–Crippen LogP) is 1.14. The van der Waals surface area contributed by atoms with Crippen molar-refractivity contribution in [3.05, 3.63) is 12.7 Å². The first-order valence-electron chi connectivity index (χ1n) is 4.14. The van der Waals surface area contributed by atoms with Gasteiger partial charge in [0.1, 0.15) is 0 Å². The van der Waals surface area contributed by atoms with Crippen molar-refractivity contribution >= 4 is 0 Å². The van der Waals surface area contributed by atoms with Crippen LogP contribution >= 0.6 is 0 Å². The van der Waals surface area contributed by atoms with Crippen LogP contribution in [-0.4, -0.2) is 19.6 Å². The van der Waals surface area contributed by atoms with Gasteiger partial charge in [-0.1, -0.05) is 19.9 Å². The highest BCUT2D eigenvalue weighted by molar-refractivity contribution is 4.76. The van der Waals surface area contributed by atoms with Crippen LogP contribution in [0.3, 0.4) is 0 Å². The molecule has 66 valence electrons. The summed E-state index contributed by atoms with van der Waals surface area (Å²) in [6.45, 7) is 10.7. The zero-order valence-electron chi connectivity index (χ0n) is 7.69. The molecule has 0 aromatic carbocycles. The van der Waals surface area contributed by atoms with Crippen molar-refractivity contribution in [2.45, 2.75) is 20.3 Å². The van der Waals surface area contributed by atoms with Crippen molar-refractivity contribution in [1.29, 1.82) is 0 Å². The Balaban J connectivity index is 3.45. The molecule has 0 aromatic rings. The largest absolute Gasteiger partial charge is 0.330 e. The zero-order chi connectivity index (χ0) is 8.74. The van der Waals surface area contributed by atoms with E-state index in [9.17, 15) is 0 Å². The molecule has 0 amide bonds. The fourth-order valence-corrected chi connectivity index (χ4v) is 0.992. The minimum absolute atomic E-state index is 0.317. The van der Waals surface area contributed by atoms with Crippen molar-refractivity contribution < 1.29 is 0 Å². The van der Waals surface area contributed by atoms with Crippen LogP contribution in [0.15, 0.2) is 12.7 Å². The molecule has 0 bridgehead atoms. The lowest BCUT2D eigenvalue weighted by atomic mass is 9.89. The van der Waals surface area contributed by atoms with Gasteiger partial charge in [0, 0.05) is 13.1 Å². The standard InChI is InChI=1S/C9H20N2/c1-4-7-11-8-9(2,3)5-6-10/h4,11H,1,5-8,10H2,2-3H3. The van der Waals surface area contributed by atoms with Crippen LogP contribution in [0, 0.1) is 5.41 Å². The van der Waals surface area contributed by atoms with Crippen LogP contribution < -0.4 is 11.1 Å². The Morgan fingerprint density at radius 1 is 1.55 bits per heavy atom. The maximum absolute atomic E-state index is 5.47. The summed E-state index contributed by atoms with van der Waals surface area (Å²) in [6, 6.07) is 0. The Bertz CT molecular complexity index is 108. The average molecular weight is 156 g/mol. The molecule has 0 heterocycles. The molecule has 0 atom stereocenters. The normalized spacial score (nSPS) is 11.5. The van der Waals surface area contributed by atoms with E-state index in [-0.39, 0.29) is 0 Å². The van der Waals surface area contributed by atoms with Gasteiger partial charge < -0.3 is 11.1 Å². The lowest BCUT2D eigenvalue weighted by Gasteiger charge is -2.23. The van der Waals surface area contributed by atoms with E-state index in [1.165, 1.54) is 0 Å². The van der Waals surface area contributed by atoms with Crippen molar-refractivity contribution in [1.82, 2.24) is 5.32 Å². The number of hydrogen-bond donors (Lipinski definition) is 2. The molecule has 0 fully saturated rings. The smallest absolute Gasteiger partial charge is 0.0132 e. The molecule has 0 saturated carbocycles. The molecule has 0 spiro atoms. The van der Waals surface area contributed by atoms with Crippen LogP contribution in [0.4, 0.5) is 0 Å². The highest BCUT2D eigenvalue weighted by atomic mass is 14.9. The van der Waals surface area contributed by atoms with E-state index in [4.69, 9.17) is 5.73 Å².